The van der Waals surface area contributed by atoms with Crippen LogP contribution in [-0.2, 0) is 9.53 Å². The third-order valence-corrected chi connectivity index (χ3v) is 5.60. The smallest absolute Gasteiger partial charge is 0.410 e. The van der Waals surface area contributed by atoms with Crippen LogP contribution in [0.4, 0.5) is 10.5 Å². The van der Waals surface area contributed by atoms with Crippen molar-refractivity contribution in [2.24, 2.45) is 5.92 Å². The number of benzene rings is 1. The maximum absolute atomic E-state index is 12.7. The predicted molar refractivity (Wildman–Crippen MR) is 114 cm³/mol. The van der Waals surface area contributed by atoms with Gasteiger partial charge < -0.3 is 14.5 Å². The fourth-order valence-electron chi connectivity index (χ4n) is 3.35. The minimum absolute atomic E-state index is 0.0791. The molecule has 1 heterocycles. The summed E-state index contributed by atoms with van der Waals surface area (Å²) in [6.07, 6.45) is 2.83. The summed E-state index contributed by atoms with van der Waals surface area (Å²) in [7, 11) is 0. The number of ether oxygens (including phenoxy) is 1. The molecule has 1 aromatic rings. The first-order chi connectivity index (χ1) is 13.1. The van der Waals surface area contributed by atoms with Crippen LogP contribution in [0.25, 0.3) is 0 Å². The Labute approximate surface area is 177 Å². The van der Waals surface area contributed by atoms with Crippen LogP contribution in [0, 0.1) is 5.92 Å². The van der Waals surface area contributed by atoms with Gasteiger partial charge >= 0.3 is 6.09 Å². The van der Waals surface area contributed by atoms with E-state index in [9.17, 15) is 9.59 Å². The molecule has 0 unspecified atom stereocenters. The Morgan fingerprint density at radius 1 is 1.18 bits per heavy atom. The van der Waals surface area contributed by atoms with Crippen molar-refractivity contribution in [1.82, 2.24) is 4.90 Å². The van der Waals surface area contributed by atoms with Gasteiger partial charge in [0.15, 0.2) is 0 Å². The van der Waals surface area contributed by atoms with E-state index in [1.165, 1.54) is 0 Å². The van der Waals surface area contributed by atoms with Crippen LogP contribution in [0.2, 0.25) is 10.0 Å². The Hall–Kier alpha value is -1.46. The molecule has 0 atom stereocenters. The van der Waals surface area contributed by atoms with Crippen LogP contribution >= 0.6 is 23.2 Å². The van der Waals surface area contributed by atoms with Crippen LogP contribution in [0.1, 0.15) is 53.4 Å². The fraction of sp³-hybridized carbons (Fsp3) is 0.619. The van der Waals surface area contributed by atoms with E-state index >= 15 is 0 Å². The summed E-state index contributed by atoms with van der Waals surface area (Å²) in [5, 5.41) is 0.922. The first-order valence-corrected chi connectivity index (χ1v) is 10.6. The molecule has 28 heavy (non-hydrogen) atoms. The zero-order valence-electron chi connectivity index (χ0n) is 17.1. The highest BCUT2D eigenvalue weighted by atomic mass is 35.5. The van der Waals surface area contributed by atoms with E-state index in [4.69, 9.17) is 27.9 Å². The Morgan fingerprint density at radius 2 is 1.82 bits per heavy atom. The van der Waals surface area contributed by atoms with E-state index in [0.717, 1.165) is 24.9 Å². The molecule has 0 saturated carbocycles. The van der Waals surface area contributed by atoms with Gasteiger partial charge in [-0.3, -0.25) is 4.79 Å². The second-order valence-corrected chi connectivity index (χ2v) is 9.00. The van der Waals surface area contributed by atoms with Gasteiger partial charge in [-0.15, -0.1) is 0 Å². The summed E-state index contributed by atoms with van der Waals surface area (Å²) < 4.78 is 5.43. The van der Waals surface area contributed by atoms with E-state index < -0.39 is 5.60 Å². The molecule has 1 aliphatic rings. The van der Waals surface area contributed by atoms with Crippen LogP contribution in [0.5, 0.6) is 0 Å². The zero-order valence-corrected chi connectivity index (χ0v) is 18.6. The number of amides is 2. The van der Waals surface area contributed by atoms with Crippen molar-refractivity contribution in [3.63, 3.8) is 0 Å². The minimum Gasteiger partial charge on any atom is -0.444 e. The molecule has 7 heteroatoms. The number of hydrogen-bond acceptors (Lipinski definition) is 3. The summed E-state index contributed by atoms with van der Waals surface area (Å²) in [4.78, 5) is 28.3. The quantitative estimate of drug-likeness (QED) is 0.597. The lowest BCUT2D eigenvalue weighted by atomic mass is 9.92. The van der Waals surface area contributed by atoms with Gasteiger partial charge in [0.05, 0.1) is 10.0 Å². The van der Waals surface area contributed by atoms with Crippen LogP contribution in [0.3, 0.4) is 0 Å². The first kappa shape index (κ1) is 22.8. The molecule has 2 amide bonds. The number of hydrogen-bond donors (Lipinski definition) is 0. The molecule has 1 fully saturated rings. The molecule has 5 nitrogen and oxygen atoms in total. The summed E-state index contributed by atoms with van der Waals surface area (Å²) in [6, 6.07) is 5.25. The van der Waals surface area contributed by atoms with E-state index in [1.807, 2.05) is 33.8 Å². The Bertz CT molecular complexity index is 695. The van der Waals surface area contributed by atoms with Gasteiger partial charge in [-0.1, -0.05) is 23.2 Å². The maximum atomic E-state index is 12.7. The van der Waals surface area contributed by atoms with Crippen molar-refractivity contribution in [3.05, 3.63) is 28.2 Å². The van der Waals surface area contributed by atoms with E-state index in [0.29, 0.717) is 42.0 Å². The zero-order chi connectivity index (χ0) is 20.9. The topological polar surface area (TPSA) is 49.9 Å². The van der Waals surface area contributed by atoms with Crippen molar-refractivity contribution in [2.45, 2.75) is 59.0 Å². The third-order valence-electron chi connectivity index (χ3n) is 4.86. The highest BCUT2D eigenvalue weighted by molar-refractivity contribution is 6.42. The molecule has 0 N–H and O–H groups in total. The summed E-state index contributed by atoms with van der Waals surface area (Å²) >= 11 is 12.1. The number of anilines is 1. The highest BCUT2D eigenvalue weighted by Crippen LogP contribution is 2.29. The van der Waals surface area contributed by atoms with Gasteiger partial charge in [0, 0.05) is 31.7 Å². The lowest BCUT2D eigenvalue weighted by molar-refractivity contribution is -0.119. The highest BCUT2D eigenvalue weighted by Gasteiger charge is 2.27. The van der Waals surface area contributed by atoms with Gasteiger partial charge in [-0.25, -0.2) is 4.79 Å². The number of rotatable bonds is 5. The SMILES string of the molecule is CCN(C(=O)CCC1CCN(C(=O)OC(C)(C)C)CC1)c1ccc(Cl)c(Cl)c1. The van der Waals surface area contributed by atoms with Gasteiger partial charge in [0.2, 0.25) is 5.91 Å². The van der Waals surface area contributed by atoms with Gasteiger partial charge in [-0.2, -0.15) is 0 Å². The Balaban J connectivity index is 1.83. The molecule has 0 aromatic heterocycles. The second kappa shape index (κ2) is 9.84. The molecule has 156 valence electrons. The number of nitrogens with zero attached hydrogens (tertiary/aromatic N) is 2. The number of carbonyl (C=O) groups is 2. The normalized spacial score (nSPS) is 15.4. The standard InChI is InChI=1S/C21H30Cl2N2O3/c1-5-25(16-7-8-17(22)18(23)14-16)19(26)9-6-15-10-12-24(13-11-15)20(27)28-21(2,3)4/h7-8,14-15H,5-6,9-13H2,1-4H3. The number of carbonyl (C=O) groups excluding carboxylic acids is 2. The molecule has 1 aliphatic heterocycles. The monoisotopic (exact) mass is 428 g/mol. The van der Waals surface area contributed by atoms with E-state index in [1.54, 1.807) is 21.9 Å². The molecule has 1 aromatic carbocycles. The number of piperidine rings is 1. The van der Waals surface area contributed by atoms with Crippen molar-refractivity contribution >= 4 is 40.9 Å². The average molecular weight is 429 g/mol. The van der Waals surface area contributed by atoms with Gasteiger partial charge in [0.25, 0.3) is 0 Å². The molecule has 0 aliphatic carbocycles. The van der Waals surface area contributed by atoms with Gasteiger partial charge in [0.1, 0.15) is 5.60 Å². The second-order valence-electron chi connectivity index (χ2n) is 8.19. The van der Waals surface area contributed by atoms with Crippen molar-refractivity contribution in [2.75, 3.05) is 24.5 Å². The molecular formula is C21H30Cl2N2O3. The average Bonchev–Trinajstić information content (AvgIpc) is 2.62. The molecular weight excluding hydrogens is 399 g/mol. The largest absolute Gasteiger partial charge is 0.444 e. The van der Waals surface area contributed by atoms with E-state index in [2.05, 4.69) is 0 Å². The van der Waals surface area contributed by atoms with Crippen molar-refractivity contribution in [1.29, 1.82) is 0 Å². The molecule has 2 rings (SSSR count). The predicted octanol–water partition coefficient (Wildman–Crippen LogP) is 5.77. The van der Waals surface area contributed by atoms with Crippen LogP contribution in [0.15, 0.2) is 18.2 Å². The fourth-order valence-corrected chi connectivity index (χ4v) is 3.64. The number of likely N-dealkylation sites (tertiary alicyclic amines) is 1. The summed E-state index contributed by atoms with van der Waals surface area (Å²) in [5.41, 5.74) is 0.288. The minimum atomic E-state index is -0.478. The van der Waals surface area contributed by atoms with Crippen LogP contribution < -0.4 is 4.90 Å². The van der Waals surface area contributed by atoms with Crippen molar-refractivity contribution in [3.8, 4) is 0 Å². The molecule has 0 bridgehead atoms. The lowest BCUT2D eigenvalue weighted by Gasteiger charge is -2.33. The van der Waals surface area contributed by atoms with E-state index in [-0.39, 0.29) is 12.0 Å². The summed E-state index contributed by atoms with van der Waals surface area (Å²) in [5.74, 6) is 0.519. The first-order valence-electron chi connectivity index (χ1n) is 9.84. The summed E-state index contributed by atoms with van der Waals surface area (Å²) in [6.45, 7) is 9.49. The maximum Gasteiger partial charge on any atom is 0.410 e. The molecule has 1 saturated heterocycles. The number of halogens is 2. The lowest BCUT2D eigenvalue weighted by Crippen LogP contribution is -2.42. The van der Waals surface area contributed by atoms with Crippen LogP contribution in [-0.4, -0.2) is 42.1 Å². The molecule has 0 spiro atoms. The Kier molecular flexibility index (Phi) is 8.02. The Morgan fingerprint density at radius 3 is 2.36 bits per heavy atom. The van der Waals surface area contributed by atoms with Gasteiger partial charge in [-0.05, 0) is 71.1 Å². The molecule has 0 radical (unpaired) electrons. The third kappa shape index (κ3) is 6.56. The van der Waals surface area contributed by atoms with Crippen molar-refractivity contribution < 1.29 is 14.3 Å².